The molecule has 112 valence electrons. The molecule has 0 aromatic heterocycles. The van der Waals surface area contributed by atoms with E-state index in [1.54, 1.807) is 11.8 Å². The summed E-state index contributed by atoms with van der Waals surface area (Å²) in [5.74, 6) is 0.653. The Morgan fingerprint density at radius 2 is 1.71 bits per heavy atom. The van der Waals surface area contributed by atoms with Crippen molar-refractivity contribution in [2.45, 2.75) is 37.1 Å². The van der Waals surface area contributed by atoms with Crippen LogP contribution in [0.5, 0.6) is 0 Å². The predicted molar refractivity (Wildman–Crippen MR) is 93.3 cm³/mol. The highest BCUT2D eigenvalue weighted by atomic mass is 35.5. The Hall–Kier alpha value is -0.960. The maximum atomic E-state index is 6.38. The summed E-state index contributed by atoms with van der Waals surface area (Å²) in [7, 11) is 0. The van der Waals surface area contributed by atoms with E-state index in [4.69, 9.17) is 11.6 Å². The van der Waals surface area contributed by atoms with E-state index in [2.05, 4.69) is 68.6 Å². The molecule has 0 aliphatic heterocycles. The second-order valence-electron chi connectivity index (χ2n) is 5.69. The highest BCUT2D eigenvalue weighted by Gasteiger charge is 2.04. The van der Waals surface area contributed by atoms with Gasteiger partial charge in [0.25, 0.3) is 0 Å². The molecular weight excluding hydrogens is 298 g/mol. The van der Waals surface area contributed by atoms with Gasteiger partial charge in [0.05, 0.1) is 0 Å². The summed E-state index contributed by atoms with van der Waals surface area (Å²) in [5.41, 5.74) is 2.44. The highest BCUT2D eigenvalue weighted by Crippen LogP contribution is 2.31. The lowest BCUT2D eigenvalue weighted by molar-refractivity contribution is 0.552. The molecule has 0 radical (unpaired) electrons. The highest BCUT2D eigenvalue weighted by molar-refractivity contribution is 7.99. The van der Waals surface area contributed by atoms with Crippen LogP contribution in [0.2, 0.25) is 5.02 Å². The molecule has 0 fully saturated rings. The normalized spacial score (nSPS) is 11.1. The van der Waals surface area contributed by atoms with Gasteiger partial charge in [0, 0.05) is 21.4 Å². The topological polar surface area (TPSA) is 12.0 Å². The monoisotopic (exact) mass is 319 g/mol. The fourth-order valence-corrected chi connectivity index (χ4v) is 3.14. The number of rotatable bonds is 6. The number of benzene rings is 2. The van der Waals surface area contributed by atoms with Crippen molar-refractivity contribution in [3.63, 3.8) is 0 Å². The van der Waals surface area contributed by atoms with E-state index in [1.165, 1.54) is 15.4 Å². The summed E-state index contributed by atoms with van der Waals surface area (Å²) in [6, 6.07) is 14.9. The fourth-order valence-electron chi connectivity index (χ4n) is 1.97. The molecule has 0 heterocycles. The number of hydrogen-bond donors (Lipinski definition) is 1. The zero-order valence-corrected chi connectivity index (χ0v) is 14.4. The minimum absolute atomic E-state index is 0.653. The van der Waals surface area contributed by atoms with Crippen LogP contribution in [0.15, 0.2) is 52.3 Å². The van der Waals surface area contributed by atoms with E-state index in [0.717, 1.165) is 23.7 Å². The van der Waals surface area contributed by atoms with Crippen molar-refractivity contribution in [3.05, 3.63) is 58.6 Å². The average molecular weight is 320 g/mol. The van der Waals surface area contributed by atoms with E-state index < -0.39 is 0 Å². The summed E-state index contributed by atoms with van der Waals surface area (Å²) in [5, 5.41) is 4.26. The Morgan fingerprint density at radius 1 is 1.05 bits per heavy atom. The Kier molecular flexibility index (Phi) is 6.16. The van der Waals surface area contributed by atoms with Gasteiger partial charge in [-0.05, 0) is 49.2 Å². The van der Waals surface area contributed by atoms with E-state index in [0.29, 0.717) is 5.92 Å². The largest absolute Gasteiger partial charge is 0.312 e. The average Bonchev–Trinajstić information content (AvgIpc) is 2.43. The molecule has 0 unspecified atom stereocenters. The van der Waals surface area contributed by atoms with Crippen molar-refractivity contribution in [2.24, 2.45) is 5.92 Å². The molecule has 0 aliphatic rings. The van der Waals surface area contributed by atoms with Crippen LogP contribution in [-0.2, 0) is 6.54 Å². The molecule has 0 atom stereocenters. The van der Waals surface area contributed by atoms with Crippen LogP contribution >= 0.6 is 23.4 Å². The van der Waals surface area contributed by atoms with Gasteiger partial charge < -0.3 is 5.32 Å². The molecule has 0 spiro atoms. The van der Waals surface area contributed by atoms with Gasteiger partial charge in [0.2, 0.25) is 0 Å². The summed E-state index contributed by atoms with van der Waals surface area (Å²) in [6.45, 7) is 8.35. The summed E-state index contributed by atoms with van der Waals surface area (Å²) in [4.78, 5) is 2.42. The van der Waals surface area contributed by atoms with E-state index >= 15 is 0 Å². The predicted octanol–water partition coefficient (Wildman–Crippen LogP) is 5.55. The first-order valence-electron chi connectivity index (χ1n) is 7.28. The van der Waals surface area contributed by atoms with E-state index in [9.17, 15) is 0 Å². The first-order valence-corrected chi connectivity index (χ1v) is 8.47. The first-order chi connectivity index (χ1) is 10.0. The molecule has 3 heteroatoms. The molecule has 21 heavy (non-hydrogen) atoms. The zero-order chi connectivity index (χ0) is 15.2. The van der Waals surface area contributed by atoms with Crippen LogP contribution < -0.4 is 5.32 Å². The molecule has 1 N–H and O–H groups in total. The maximum Gasteiger partial charge on any atom is 0.0462 e. The van der Waals surface area contributed by atoms with E-state index in [-0.39, 0.29) is 0 Å². The third-order valence-corrected chi connectivity index (χ3v) is 4.50. The van der Waals surface area contributed by atoms with Crippen LogP contribution in [0.4, 0.5) is 0 Å². The minimum atomic E-state index is 0.653. The third-order valence-electron chi connectivity index (χ3n) is 3.15. The summed E-state index contributed by atoms with van der Waals surface area (Å²) < 4.78 is 0. The molecule has 0 aliphatic carbocycles. The zero-order valence-electron chi connectivity index (χ0n) is 12.8. The van der Waals surface area contributed by atoms with Crippen molar-refractivity contribution in [2.75, 3.05) is 6.54 Å². The SMILES string of the molecule is Cc1ccc(Sc2ccc(CNCC(C)C)c(Cl)c2)cc1. The van der Waals surface area contributed by atoms with Gasteiger partial charge in [0.15, 0.2) is 0 Å². The van der Waals surface area contributed by atoms with Gasteiger partial charge in [0.1, 0.15) is 0 Å². The second kappa shape index (κ2) is 7.88. The summed E-state index contributed by atoms with van der Waals surface area (Å²) >= 11 is 8.13. The fraction of sp³-hybridized carbons (Fsp3) is 0.333. The molecule has 2 aromatic carbocycles. The Labute approximate surface area is 137 Å². The standard InChI is InChI=1S/C18H22ClNS/c1-13(2)11-20-12-15-6-9-17(10-18(15)19)21-16-7-4-14(3)5-8-16/h4-10,13,20H,11-12H2,1-3H3. The third kappa shape index (κ3) is 5.39. The van der Waals surface area contributed by atoms with Crippen molar-refractivity contribution in [1.82, 2.24) is 5.32 Å². The minimum Gasteiger partial charge on any atom is -0.312 e. The molecule has 2 rings (SSSR count). The maximum absolute atomic E-state index is 6.38. The molecular formula is C18H22ClNS. The van der Waals surface area contributed by atoms with Crippen LogP contribution in [0.3, 0.4) is 0 Å². The molecule has 2 aromatic rings. The smallest absolute Gasteiger partial charge is 0.0462 e. The van der Waals surface area contributed by atoms with Crippen molar-refractivity contribution >= 4 is 23.4 Å². The lowest BCUT2D eigenvalue weighted by Crippen LogP contribution is -2.19. The number of nitrogens with one attached hydrogen (secondary N) is 1. The van der Waals surface area contributed by atoms with Crippen LogP contribution in [-0.4, -0.2) is 6.54 Å². The van der Waals surface area contributed by atoms with Crippen molar-refractivity contribution in [3.8, 4) is 0 Å². The van der Waals surface area contributed by atoms with Gasteiger partial charge in [-0.1, -0.05) is 61.0 Å². The number of halogens is 1. The number of aryl methyl sites for hydroxylation is 1. The molecule has 0 saturated heterocycles. The van der Waals surface area contributed by atoms with Crippen LogP contribution in [0, 0.1) is 12.8 Å². The van der Waals surface area contributed by atoms with Crippen LogP contribution in [0.1, 0.15) is 25.0 Å². The Morgan fingerprint density at radius 3 is 2.33 bits per heavy atom. The first kappa shape index (κ1) is 16.4. The van der Waals surface area contributed by atoms with Gasteiger partial charge in [-0.25, -0.2) is 0 Å². The van der Waals surface area contributed by atoms with E-state index in [1.807, 2.05) is 0 Å². The van der Waals surface area contributed by atoms with Gasteiger partial charge in [-0.2, -0.15) is 0 Å². The molecule has 0 bridgehead atoms. The van der Waals surface area contributed by atoms with Gasteiger partial charge in [-0.3, -0.25) is 0 Å². The summed E-state index contributed by atoms with van der Waals surface area (Å²) in [6.07, 6.45) is 0. The van der Waals surface area contributed by atoms with Gasteiger partial charge >= 0.3 is 0 Å². The van der Waals surface area contributed by atoms with Crippen molar-refractivity contribution < 1.29 is 0 Å². The van der Waals surface area contributed by atoms with Gasteiger partial charge in [-0.15, -0.1) is 0 Å². The van der Waals surface area contributed by atoms with Crippen LogP contribution in [0.25, 0.3) is 0 Å². The molecule has 0 amide bonds. The Balaban J connectivity index is 1.99. The molecule has 0 saturated carbocycles. The lowest BCUT2D eigenvalue weighted by atomic mass is 10.2. The quantitative estimate of drug-likeness (QED) is 0.749. The van der Waals surface area contributed by atoms with Crippen molar-refractivity contribution in [1.29, 1.82) is 0 Å². The second-order valence-corrected chi connectivity index (χ2v) is 7.25. The Bertz CT molecular complexity index is 578. The molecule has 1 nitrogen and oxygen atoms in total. The lowest BCUT2D eigenvalue weighted by Gasteiger charge is -2.10. The number of hydrogen-bond acceptors (Lipinski definition) is 2.